The van der Waals surface area contributed by atoms with Crippen LogP contribution in [0.3, 0.4) is 0 Å². The second-order valence-electron chi connectivity index (χ2n) is 4.46. The summed E-state index contributed by atoms with van der Waals surface area (Å²) >= 11 is 0. The maximum Gasteiger partial charge on any atom is 0.307 e. The first kappa shape index (κ1) is 10.9. The molecule has 0 unspecified atom stereocenters. The van der Waals surface area contributed by atoms with Gasteiger partial charge in [0.2, 0.25) is 0 Å². The van der Waals surface area contributed by atoms with Crippen LogP contribution in [0.15, 0.2) is 24.3 Å². The Labute approximate surface area is 103 Å². The van der Waals surface area contributed by atoms with Gasteiger partial charge in [-0.05, 0) is 41.0 Å². The summed E-state index contributed by atoms with van der Waals surface area (Å²) in [6.07, 6.45) is 2.31. The van der Waals surface area contributed by atoms with Crippen LogP contribution >= 0.6 is 0 Å². The van der Waals surface area contributed by atoms with Crippen molar-refractivity contribution in [2.24, 2.45) is 0 Å². The Morgan fingerprint density at radius 3 is 2.67 bits per heavy atom. The first-order valence-electron chi connectivity index (χ1n) is 5.83. The van der Waals surface area contributed by atoms with Crippen molar-refractivity contribution in [3.8, 4) is 5.69 Å². The summed E-state index contributed by atoms with van der Waals surface area (Å²) in [6.45, 7) is 0. The topological polar surface area (TPSA) is 80.9 Å². The van der Waals surface area contributed by atoms with E-state index in [2.05, 4.69) is 15.5 Å². The number of rotatable bonds is 4. The third kappa shape index (κ3) is 2.09. The molecule has 0 aliphatic heterocycles. The Morgan fingerprint density at radius 2 is 2.06 bits per heavy atom. The average Bonchev–Trinajstić information content (AvgIpc) is 3.08. The summed E-state index contributed by atoms with van der Waals surface area (Å²) in [5, 5.41) is 20.4. The van der Waals surface area contributed by atoms with Gasteiger partial charge in [-0.25, -0.2) is 0 Å². The van der Waals surface area contributed by atoms with Gasteiger partial charge in [0, 0.05) is 5.92 Å². The number of carbonyl (C=O) groups is 1. The zero-order chi connectivity index (χ0) is 12.5. The predicted molar refractivity (Wildman–Crippen MR) is 62.5 cm³/mol. The molecule has 0 bridgehead atoms. The molecule has 1 heterocycles. The van der Waals surface area contributed by atoms with Crippen LogP contribution in [0.1, 0.15) is 30.1 Å². The highest BCUT2D eigenvalue weighted by atomic mass is 16.4. The number of hydrogen-bond donors (Lipinski definition) is 1. The molecule has 6 heteroatoms. The highest BCUT2D eigenvalue weighted by Gasteiger charge is 2.29. The highest BCUT2D eigenvalue weighted by molar-refractivity contribution is 5.70. The van der Waals surface area contributed by atoms with E-state index in [1.54, 1.807) is 16.8 Å². The summed E-state index contributed by atoms with van der Waals surface area (Å²) < 4.78 is 1.72. The summed E-state index contributed by atoms with van der Waals surface area (Å²) in [5.74, 6) is 0.531. The van der Waals surface area contributed by atoms with Gasteiger partial charge in [-0.1, -0.05) is 12.1 Å². The monoisotopic (exact) mass is 244 g/mol. The van der Waals surface area contributed by atoms with Crippen LogP contribution in [0.4, 0.5) is 0 Å². The Morgan fingerprint density at radius 1 is 1.33 bits per heavy atom. The molecule has 92 valence electrons. The number of aliphatic carboxylic acids is 1. The van der Waals surface area contributed by atoms with E-state index >= 15 is 0 Å². The predicted octanol–water partition coefficient (Wildman–Crippen LogP) is 1.17. The van der Waals surface area contributed by atoms with Crippen molar-refractivity contribution in [2.75, 3.05) is 0 Å². The third-order valence-corrected chi connectivity index (χ3v) is 2.97. The van der Waals surface area contributed by atoms with Crippen molar-refractivity contribution in [1.82, 2.24) is 20.2 Å². The first-order valence-corrected chi connectivity index (χ1v) is 5.83. The number of carboxylic acids is 1. The zero-order valence-corrected chi connectivity index (χ0v) is 9.65. The normalized spacial score (nSPS) is 14.7. The smallest absolute Gasteiger partial charge is 0.307 e. The molecule has 1 N–H and O–H groups in total. The molecular weight excluding hydrogens is 232 g/mol. The van der Waals surface area contributed by atoms with Crippen molar-refractivity contribution >= 4 is 5.97 Å². The van der Waals surface area contributed by atoms with Crippen molar-refractivity contribution in [3.63, 3.8) is 0 Å². The summed E-state index contributed by atoms with van der Waals surface area (Å²) in [5.41, 5.74) is 1.64. The minimum Gasteiger partial charge on any atom is -0.481 e. The van der Waals surface area contributed by atoms with Gasteiger partial charge in [0.15, 0.2) is 5.82 Å². The molecular formula is C12H12N4O2. The third-order valence-electron chi connectivity index (χ3n) is 2.97. The molecule has 1 aliphatic carbocycles. The Bertz CT molecular complexity index is 572. The summed E-state index contributed by atoms with van der Waals surface area (Å²) in [4.78, 5) is 10.6. The fraction of sp³-hybridized carbons (Fsp3) is 0.333. The van der Waals surface area contributed by atoms with Gasteiger partial charge in [-0.3, -0.25) is 4.79 Å². The molecule has 1 fully saturated rings. The second-order valence-corrected chi connectivity index (χ2v) is 4.46. The Balaban J connectivity index is 1.87. The minimum absolute atomic E-state index is 0.0331. The molecule has 1 saturated carbocycles. The Kier molecular flexibility index (Phi) is 2.55. The maximum atomic E-state index is 10.6. The minimum atomic E-state index is -0.830. The van der Waals surface area contributed by atoms with E-state index in [4.69, 9.17) is 5.11 Å². The largest absolute Gasteiger partial charge is 0.481 e. The molecule has 0 radical (unpaired) electrons. The SMILES string of the molecule is O=C(O)Cc1ccc(-n2nnnc2C2CC2)cc1. The number of tetrazole rings is 1. The van der Waals surface area contributed by atoms with E-state index in [1.165, 1.54) is 0 Å². The van der Waals surface area contributed by atoms with E-state index in [0.29, 0.717) is 5.92 Å². The van der Waals surface area contributed by atoms with Gasteiger partial charge < -0.3 is 5.11 Å². The van der Waals surface area contributed by atoms with Gasteiger partial charge in [-0.15, -0.1) is 5.10 Å². The van der Waals surface area contributed by atoms with Crippen LogP contribution in [-0.2, 0) is 11.2 Å². The van der Waals surface area contributed by atoms with Gasteiger partial charge in [0.05, 0.1) is 12.1 Å². The van der Waals surface area contributed by atoms with Crippen LogP contribution in [0, 0.1) is 0 Å². The maximum absolute atomic E-state index is 10.6. The molecule has 1 aromatic heterocycles. The molecule has 1 aliphatic rings. The zero-order valence-electron chi connectivity index (χ0n) is 9.65. The van der Waals surface area contributed by atoms with Crippen LogP contribution in [0.5, 0.6) is 0 Å². The highest BCUT2D eigenvalue weighted by Crippen LogP contribution is 2.39. The standard InChI is InChI=1S/C12H12N4O2/c17-11(18)7-8-1-5-10(6-2-8)16-12(9-3-4-9)13-14-15-16/h1-2,5-6,9H,3-4,7H2,(H,17,18). The van der Waals surface area contributed by atoms with E-state index in [1.807, 2.05) is 12.1 Å². The number of hydrogen-bond acceptors (Lipinski definition) is 4. The summed E-state index contributed by atoms with van der Waals surface area (Å²) in [6, 6.07) is 7.28. The molecule has 3 rings (SSSR count). The van der Waals surface area contributed by atoms with E-state index < -0.39 is 5.97 Å². The fourth-order valence-electron chi connectivity index (χ4n) is 1.90. The van der Waals surface area contributed by atoms with Gasteiger partial charge in [-0.2, -0.15) is 4.68 Å². The number of nitrogens with zero attached hydrogens (tertiary/aromatic N) is 4. The van der Waals surface area contributed by atoms with E-state index in [9.17, 15) is 4.79 Å². The number of benzene rings is 1. The van der Waals surface area contributed by atoms with Crippen LogP contribution in [0.25, 0.3) is 5.69 Å². The van der Waals surface area contributed by atoms with Crippen LogP contribution < -0.4 is 0 Å². The lowest BCUT2D eigenvalue weighted by atomic mass is 10.1. The molecule has 0 amide bonds. The quantitative estimate of drug-likeness (QED) is 0.873. The molecule has 1 aromatic carbocycles. The first-order chi connectivity index (χ1) is 8.74. The van der Waals surface area contributed by atoms with Crippen molar-refractivity contribution in [1.29, 1.82) is 0 Å². The molecule has 6 nitrogen and oxygen atoms in total. The lowest BCUT2D eigenvalue weighted by Crippen LogP contribution is -2.03. The van der Waals surface area contributed by atoms with Crippen molar-refractivity contribution in [3.05, 3.63) is 35.7 Å². The number of aromatic nitrogens is 4. The molecule has 0 saturated heterocycles. The molecule has 2 aromatic rings. The van der Waals surface area contributed by atoms with Crippen LogP contribution in [-0.4, -0.2) is 31.3 Å². The van der Waals surface area contributed by atoms with Crippen LogP contribution in [0.2, 0.25) is 0 Å². The summed E-state index contributed by atoms with van der Waals surface area (Å²) in [7, 11) is 0. The lowest BCUT2D eigenvalue weighted by Gasteiger charge is -2.04. The van der Waals surface area contributed by atoms with Gasteiger partial charge in [0.25, 0.3) is 0 Å². The molecule has 0 atom stereocenters. The molecule has 0 spiro atoms. The van der Waals surface area contributed by atoms with Gasteiger partial charge >= 0.3 is 5.97 Å². The van der Waals surface area contributed by atoms with Crippen molar-refractivity contribution in [2.45, 2.75) is 25.2 Å². The molecule has 18 heavy (non-hydrogen) atoms. The second kappa shape index (κ2) is 4.21. The lowest BCUT2D eigenvalue weighted by molar-refractivity contribution is -0.136. The number of carboxylic acid groups (broad SMARTS) is 1. The van der Waals surface area contributed by atoms with Crippen molar-refractivity contribution < 1.29 is 9.90 Å². The van der Waals surface area contributed by atoms with Gasteiger partial charge in [0.1, 0.15) is 0 Å². The fourth-order valence-corrected chi connectivity index (χ4v) is 1.90. The average molecular weight is 244 g/mol. The van der Waals surface area contributed by atoms with E-state index in [0.717, 1.165) is 29.9 Å². The van der Waals surface area contributed by atoms with E-state index in [-0.39, 0.29) is 6.42 Å². The Hall–Kier alpha value is -2.24.